The lowest BCUT2D eigenvalue weighted by Gasteiger charge is -2.33. The zero-order chi connectivity index (χ0) is 25.2. The third-order valence-corrected chi connectivity index (χ3v) is 5.12. The van der Waals surface area contributed by atoms with Gasteiger partial charge >= 0.3 is 18.2 Å². The van der Waals surface area contributed by atoms with Gasteiger partial charge in [-0.3, -0.25) is 4.79 Å². The third-order valence-electron chi connectivity index (χ3n) is 5.12. The van der Waals surface area contributed by atoms with Gasteiger partial charge in [0.1, 0.15) is 11.2 Å². The maximum absolute atomic E-state index is 11.9. The zero-order valence-electron chi connectivity index (χ0n) is 21.5. The van der Waals surface area contributed by atoms with Gasteiger partial charge in [-0.05, 0) is 80.1 Å². The Labute approximate surface area is 198 Å². The van der Waals surface area contributed by atoms with Crippen LogP contribution in [0.5, 0.6) is 0 Å². The van der Waals surface area contributed by atoms with E-state index in [1.807, 2.05) is 41.5 Å². The number of piperidine rings is 2. The van der Waals surface area contributed by atoms with Gasteiger partial charge in [0.25, 0.3) is 0 Å². The average Bonchev–Trinajstić information content (AvgIpc) is 2.72. The largest absolute Gasteiger partial charge is 0.466 e. The quantitative estimate of drug-likeness (QED) is 0.492. The molecule has 2 heterocycles. The van der Waals surface area contributed by atoms with Crippen molar-refractivity contribution in [1.82, 2.24) is 9.80 Å². The molecular weight excluding hydrogens is 428 g/mol. The maximum atomic E-state index is 11.9. The van der Waals surface area contributed by atoms with Crippen LogP contribution in [-0.2, 0) is 19.0 Å². The molecule has 0 aromatic rings. The molecule has 0 radical (unpaired) electrons. The summed E-state index contributed by atoms with van der Waals surface area (Å²) in [5.74, 6) is -0.219. The molecule has 0 aromatic carbocycles. The molecular formula is C24H44N2O7. The summed E-state index contributed by atoms with van der Waals surface area (Å²) < 4.78 is 15.6. The molecule has 2 fully saturated rings. The molecule has 9 heteroatoms. The maximum Gasteiger partial charge on any atom is 0.410 e. The van der Waals surface area contributed by atoms with Crippen LogP contribution < -0.4 is 0 Å². The minimum absolute atomic E-state index is 0.152. The molecule has 9 nitrogen and oxygen atoms in total. The first-order valence-electron chi connectivity index (χ1n) is 12.0. The molecule has 0 spiro atoms. The van der Waals surface area contributed by atoms with Crippen molar-refractivity contribution < 1.29 is 33.7 Å². The first-order chi connectivity index (χ1) is 15.3. The summed E-state index contributed by atoms with van der Waals surface area (Å²) in [6, 6.07) is 0. The number of amides is 2. The summed E-state index contributed by atoms with van der Waals surface area (Å²) in [6.45, 7) is 15.8. The van der Waals surface area contributed by atoms with Gasteiger partial charge in [0, 0.05) is 32.8 Å². The number of likely N-dealkylation sites (tertiary alicyclic amines) is 2. The molecule has 0 aromatic heterocycles. The number of carbonyl (C=O) groups is 3. The van der Waals surface area contributed by atoms with Crippen LogP contribution in [0.25, 0.3) is 0 Å². The van der Waals surface area contributed by atoms with Crippen LogP contribution in [0.3, 0.4) is 0 Å². The van der Waals surface area contributed by atoms with Gasteiger partial charge in [-0.25, -0.2) is 9.59 Å². The number of rotatable bonds is 3. The van der Waals surface area contributed by atoms with E-state index < -0.39 is 11.2 Å². The Morgan fingerprint density at radius 2 is 1.33 bits per heavy atom. The van der Waals surface area contributed by atoms with Gasteiger partial charge in [-0.15, -0.1) is 0 Å². The predicted molar refractivity (Wildman–Crippen MR) is 125 cm³/mol. The van der Waals surface area contributed by atoms with Crippen molar-refractivity contribution >= 4 is 18.2 Å². The highest BCUT2D eigenvalue weighted by atomic mass is 16.6. The van der Waals surface area contributed by atoms with Crippen LogP contribution in [0.4, 0.5) is 9.59 Å². The second-order valence-electron chi connectivity index (χ2n) is 10.6. The Balaban J connectivity index is 0.000000335. The van der Waals surface area contributed by atoms with E-state index in [-0.39, 0.29) is 36.6 Å². The summed E-state index contributed by atoms with van der Waals surface area (Å²) in [5.41, 5.74) is -0.947. The first kappa shape index (κ1) is 29.0. The van der Waals surface area contributed by atoms with Gasteiger partial charge in [-0.2, -0.15) is 0 Å². The summed E-state index contributed by atoms with van der Waals surface area (Å²) in [4.78, 5) is 38.5. The van der Waals surface area contributed by atoms with Gasteiger partial charge in [-0.1, -0.05) is 0 Å². The van der Waals surface area contributed by atoms with Crippen molar-refractivity contribution in [3.8, 4) is 0 Å². The fourth-order valence-corrected chi connectivity index (χ4v) is 3.63. The molecule has 1 N–H and O–H groups in total. The number of carbonyl (C=O) groups excluding carboxylic acids is 3. The first-order valence-corrected chi connectivity index (χ1v) is 12.0. The lowest BCUT2D eigenvalue weighted by atomic mass is 9.98. The van der Waals surface area contributed by atoms with E-state index in [0.29, 0.717) is 26.2 Å². The summed E-state index contributed by atoms with van der Waals surface area (Å²) in [5, 5.41) is 9.04. The molecule has 33 heavy (non-hydrogen) atoms. The minimum atomic E-state index is -0.506. The van der Waals surface area contributed by atoms with Crippen molar-refractivity contribution in [2.24, 2.45) is 11.8 Å². The molecule has 2 amide bonds. The Bertz CT molecular complexity index is 640. The fraction of sp³-hybridized carbons (Fsp3) is 0.875. The molecule has 0 saturated carbocycles. The third kappa shape index (κ3) is 11.6. The van der Waals surface area contributed by atoms with E-state index in [0.717, 1.165) is 32.2 Å². The number of ether oxygens (including phenoxy) is 3. The lowest BCUT2D eigenvalue weighted by Crippen LogP contribution is -2.45. The van der Waals surface area contributed by atoms with Crippen LogP contribution in [-0.4, -0.2) is 83.7 Å². The second kappa shape index (κ2) is 13.0. The van der Waals surface area contributed by atoms with Crippen molar-refractivity contribution in [3.63, 3.8) is 0 Å². The van der Waals surface area contributed by atoms with Crippen LogP contribution >= 0.6 is 0 Å². The van der Waals surface area contributed by atoms with Gasteiger partial charge in [0.05, 0.1) is 12.5 Å². The normalized spacial score (nSPS) is 21.5. The minimum Gasteiger partial charge on any atom is -0.466 e. The number of aliphatic hydroxyl groups is 1. The van der Waals surface area contributed by atoms with Crippen LogP contribution in [0.1, 0.15) is 74.1 Å². The molecule has 2 aliphatic heterocycles. The lowest BCUT2D eigenvalue weighted by molar-refractivity contribution is -0.149. The number of esters is 1. The van der Waals surface area contributed by atoms with Gasteiger partial charge in [0.2, 0.25) is 0 Å². The van der Waals surface area contributed by atoms with Crippen molar-refractivity contribution in [1.29, 1.82) is 0 Å². The molecule has 192 valence electrons. The molecule has 0 aliphatic carbocycles. The topological polar surface area (TPSA) is 106 Å². The predicted octanol–water partition coefficient (Wildman–Crippen LogP) is 3.82. The molecule has 0 unspecified atom stereocenters. The van der Waals surface area contributed by atoms with Gasteiger partial charge < -0.3 is 29.1 Å². The van der Waals surface area contributed by atoms with Crippen LogP contribution in [0, 0.1) is 11.8 Å². The Morgan fingerprint density at radius 3 is 1.79 bits per heavy atom. The SMILES string of the molecule is CC(C)(C)OC(=O)N1CCC[C@@H](CO)C1.CCOC(=O)[C@@H]1CCCN(C(=O)OC(C)(C)C)C1. The monoisotopic (exact) mass is 472 g/mol. The highest BCUT2D eigenvalue weighted by Gasteiger charge is 2.31. The van der Waals surface area contributed by atoms with Crippen LogP contribution in [0.15, 0.2) is 0 Å². The Morgan fingerprint density at radius 1 is 0.848 bits per heavy atom. The molecule has 2 rings (SSSR count). The molecule has 2 atom stereocenters. The van der Waals surface area contributed by atoms with E-state index in [2.05, 4.69) is 0 Å². The fourth-order valence-electron chi connectivity index (χ4n) is 3.63. The number of hydrogen-bond acceptors (Lipinski definition) is 7. The second-order valence-corrected chi connectivity index (χ2v) is 10.6. The van der Waals surface area contributed by atoms with E-state index in [1.165, 1.54) is 0 Å². The van der Waals surface area contributed by atoms with Crippen molar-refractivity contribution in [2.75, 3.05) is 39.4 Å². The smallest absolute Gasteiger partial charge is 0.410 e. The standard InChI is InChI=1S/C13H23NO4.C11H21NO3/c1-5-17-11(15)10-7-6-8-14(9-10)12(16)18-13(2,3)4;1-11(2,3)15-10(14)12-6-4-5-9(7-12)8-13/h10H,5-9H2,1-4H3;9,13H,4-8H2,1-3H3/t10-;9-/m11/s1. The van der Waals surface area contributed by atoms with Crippen LogP contribution in [0.2, 0.25) is 0 Å². The highest BCUT2D eigenvalue weighted by molar-refractivity contribution is 5.75. The average molecular weight is 473 g/mol. The molecule has 2 aliphatic rings. The molecule has 0 bridgehead atoms. The van der Waals surface area contributed by atoms with Crippen molar-refractivity contribution in [3.05, 3.63) is 0 Å². The summed E-state index contributed by atoms with van der Waals surface area (Å²) >= 11 is 0. The summed E-state index contributed by atoms with van der Waals surface area (Å²) in [6.07, 6.45) is 2.92. The molecule has 2 saturated heterocycles. The van der Waals surface area contributed by atoms with E-state index in [4.69, 9.17) is 19.3 Å². The van der Waals surface area contributed by atoms with E-state index in [1.54, 1.807) is 16.7 Å². The van der Waals surface area contributed by atoms with E-state index in [9.17, 15) is 14.4 Å². The van der Waals surface area contributed by atoms with Crippen molar-refractivity contribution in [2.45, 2.75) is 85.4 Å². The van der Waals surface area contributed by atoms with Gasteiger partial charge in [0.15, 0.2) is 0 Å². The zero-order valence-corrected chi connectivity index (χ0v) is 21.5. The Hall–Kier alpha value is -2.03. The number of hydrogen-bond donors (Lipinski definition) is 1. The number of aliphatic hydroxyl groups excluding tert-OH is 1. The van der Waals surface area contributed by atoms with E-state index >= 15 is 0 Å². The number of nitrogens with zero attached hydrogens (tertiary/aromatic N) is 2. The summed E-state index contributed by atoms with van der Waals surface area (Å²) in [7, 11) is 0. The Kier molecular flexibility index (Phi) is 11.4. The highest BCUT2D eigenvalue weighted by Crippen LogP contribution is 2.21.